The SMILES string of the molecule is CCS(=O)(=O)Nc1ccc(C(=O)/C=C/c2ccsc2)cc1. The quantitative estimate of drug-likeness (QED) is 0.655. The summed E-state index contributed by atoms with van der Waals surface area (Å²) in [6.45, 7) is 1.56. The fraction of sp³-hybridized carbons (Fsp3) is 0.133. The molecule has 1 heterocycles. The third-order valence-corrected chi connectivity index (χ3v) is 4.80. The lowest BCUT2D eigenvalue weighted by atomic mass is 10.1. The molecule has 2 rings (SSSR count). The molecule has 2 aromatic rings. The number of anilines is 1. The fourth-order valence-electron chi connectivity index (χ4n) is 1.59. The van der Waals surface area contributed by atoms with E-state index in [0.717, 1.165) is 5.56 Å². The van der Waals surface area contributed by atoms with E-state index in [-0.39, 0.29) is 11.5 Å². The molecule has 0 unspecified atom stereocenters. The highest BCUT2D eigenvalue weighted by molar-refractivity contribution is 7.92. The molecule has 0 amide bonds. The van der Waals surface area contributed by atoms with Crippen LogP contribution in [0, 0.1) is 0 Å². The Morgan fingerprint density at radius 1 is 1.24 bits per heavy atom. The van der Waals surface area contributed by atoms with Crippen LogP contribution in [-0.2, 0) is 10.0 Å². The first-order chi connectivity index (χ1) is 10.00. The fourth-order valence-corrected chi connectivity index (χ4v) is 2.86. The number of benzene rings is 1. The van der Waals surface area contributed by atoms with Gasteiger partial charge in [-0.15, -0.1) is 0 Å². The molecule has 0 atom stereocenters. The normalized spacial score (nSPS) is 11.7. The Labute approximate surface area is 128 Å². The summed E-state index contributed by atoms with van der Waals surface area (Å²) in [5.41, 5.74) is 1.96. The van der Waals surface area contributed by atoms with Crippen LogP contribution in [0.5, 0.6) is 0 Å². The first-order valence-electron chi connectivity index (χ1n) is 6.35. The van der Waals surface area contributed by atoms with Gasteiger partial charge in [0.25, 0.3) is 0 Å². The Morgan fingerprint density at radius 3 is 2.52 bits per heavy atom. The zero-order chi connectivity index (χ0) is 15.3. The van der Waals surface area contributed by atoms with E-state index in [2.05, 4.69) is 4.72 Å². The Kier molecular flexibility index (Phi) is 4.93. The minimum atomic E-state index is -3.29. The third kappa shape index (κ3) is 4.54. The Morgan fingerprint density at radius 2 is 1.95 bits per heavy atom. The van der Waals surface area contributed by atoms with Crippen LogP contribution in [0.1, 0.15) is 22.8 Å². The van der Waals surface area contributed by atoms with Gasteiger partial charge in [0.2, 0.25) is 10.0 Å². The largest absolute Gasteiger partial charge is 0.289 e. The van der Waals surface area contributed by atoms with Gasteiger partial charge in [-0.3, -0.25) is 9.52 Å². The van der Waals surface area contributed by atoms with E-state index >= 15 is 0 Å². The molecule has 110 valence electrons. The predicted octanol–water partition coefficient (Wildman–Crippen LogP) is 3.41. The minimum Gasteiger partial charge on any atom is -0.289 e. The number of hydrogen-bond acceptors (Lipinski definition) is 4. The van der Waals surface area contributed by atoms with Crippen molar-refractivity contribution in [3.8, 4) is 0 Å². The number of ketones is 1. The number of hydrogen-bond donors (Lipinski definition) is 1. The number of allylic oxidation sites excluding steroid dienone is 1. The monoisotopic (exact) mass is 321 g/mol. The van der Waals surface area contributed by atoms with Crippen LogP contribution in [0.2, 0.25) is 0 Å². The predicted molar refractivity (Wildman–Crippen MR) is 87.2 cm³/mol. The number of rotatable bonds is 6. The van der Waals surface area contributed by atoms with Gasteiger partial charge in [0, 0.05) is 11.3 Å². The van der Waals surface area contributed by atoms with E-state index in [1.807, 2.05) is 16.8 Å². The van der Waals surface area contributed by atoms with Gasteiger partial charge in [-0.2, -0.15) is 11.3 Å². The molecule has 21 heavy (non-hydrogen) atoms. The lowest BCUT2D eigenvalue weighted by molar-refractivity contribution is 0.104. The van der Waals surface area contributed by atoms with E-state index in [9.17, 15) is 13.2 Å². The summed E-state index contributed by atoms with van der Waals surface area (Å²) in [4.78, 5) is 12.0. The van der Waals surface area contributed by atoms with Gasteiger partial charge >= 0.3 is 0 Å². The van der Waals surface area contributed by atoms with Gasteiger partial charge in [-0.1, -0.05) is 6.08 Å². The van der Waals surface area contributed by atoms with Crippen molar-refractivity contribution < 1.29 is 13.2 Å². The molecule has 0 aliphatic carbocycles. The van der Waals surface area contributed by atoms with Crippen molar-refractivity contribution in [2.24, 2.45) is 0 Å². The molecule has 4 nitrogen and oxygen atoms in total. The van der Waals surface area contributed by atoms with Gasteiger partial charge in [0.05, 0.1) is 5.75 Å². The van der Waals surface area contributed by atoms with Gasteiger partial charge in [-0.05, 0) is 59.7 Å². The minimum absolute atomic E-state index is 0.0110. The molecule has 0 radical (unpaired) electrons. The molecule has 1 aromatic heterocycles. The highest BCUT2D eigenvalue weighted by Crippen LogP contribution is 2.13. The van der Waals surface area contributed by atoms with Crippen molar-refractivity contribution in [1.82, 2.24) is 0 Å². The van der Waals surface area contributed by atoms with Crippen LogP contribution in [0.3, 0.4) is 0 Å². The van der Waals surface area contributed by atoms with Crippen LogP contribution >= 0.6 is 11.3 Å². The van der Waals surface area contributed by atoms with Gasteiger partial charge in [-0.25, -0.2) is 8.42 Å². The summed E-state index contributed by atoms with van der Waals surface area (Å²) in [6.07, 6.45) is 3.26. The molecule has 0 bridgehead atoms. The number of thiophene rings is 1. The van der Waals surface area contributed by atoms with Crippen molar-refractivity contribution in [1.29, 1.82) is 0 Å². The van der Waals surface area contributed by atoms with Crippen LogP contribution in [0.25, 0.3) is 6.08 Å². The maximum atomic E-state index is 12.0. The Hall–Kier alpha value is -1.92. The van der Waals surface area contributed by atoms with Crippen LogP contribution in [-0.4, -0.2) is 20.0 Å². The van der Waals surface area contributed by atoms with Crippen molar-refractivity contribution in [2.75, 3.05) is 10.5 Å². The topological polar surface area (TPSA) is 63.2 Å². The molecule has 0 saturated carbocycles. The second-order valence-electron chi connectivity index (χ2n) is 4.34. The van der Waals surface area contributed by atoms with Crippen molar-refractivity contribution in [2.45, 2.75) is 6.92 Å². The van der Waals surface area contributed by atoms with E-state index < -0.39 is 10.0 Å². The molecular weight excluding hydrogens is 306 g/mol. The summed E-state index contributed by atoms with van der Waals surface area (Å²) >= 11 is 1.57. The number of carbonyl (C=O) groups is 1. The molecule has 0 fully saturated rings. The van der Waals surface area contributed by atoms with E-state index in [1.165, 1.54) is 6.08 Å². The van der Waals surface area contributed by atoms with Crippen molar-refractivity contribution >= 4 is 38.9 Å². The number of nitrogens with one attached hydrogen (secondary N) is 1. The van der Waals surface area contributed by atoms with E-state index in [4.69, 9.17) is 0 Å². The average Bonchev–Trinajstić information content (AvgIpc) is 2.98. The number of carbonyl (C=O) groups excluding carboxylic acids is 1. The highest BCUT2D eigenvalue weighted by atomic mass is 32.2. The van der Waals surface area contributed by atoms with E-state index in [0.29, 0.717) is 11.3 Å². The molecule has 1 N–H and O–H groups in total. The molecule has 1 aromatic carbocycles. The second kappa shape index (κ2) is 6.69. The van der Waals surface area contributed by atoms with E-state index in [1.54, 1.807) is 48.6 Å². The van der Waals surface area contributed by atoms with Gasteiger partial charge in [0.15, 0.2) is 5.78 Å². The zero-order valence-corrected chi connectivity index (χ0v) is 13.1. The summed E-state index contributed by atoms with van der Waals surface area (Å²) in [5, 5.41) is 3.89. The van der Waals surface area contributed by atoms with Gasteiger partial charge in [0.1, 0.15) is 0 Å². The Bertz CT molecular complexity index is 730. The van der Waals surface area contributed by atoms with Crippen molar-refractivity contribution in [3.63, 3.8) is 0 Å². The Balaban J connectivity index is 2.06. The molecular formula is C15H15NO3S2. The molecule has 0 aliphatic heterocycles. The van der Waals surface area contributed by atoms with Crippen LogP contribution < -0.4 is 4.72 Å². The highest BCUT2D eigenvalue weighted by Gasteiger charge is 2.07. The first kappa shape index (κ1) is 15.5. The van der Waals surface area contributed by atoms with Crippen molar-refractivity contribution in [3.05, 3.63) is 58.3 Å². The lowest BCUT2D eigenvalue weighted by Crippen LogP contribution is -2.14. The molecule has 0 aliphatic rings. The molecule has 0 saturated heterocycles. The van der Waals surface area contributed by atoms with Crippen LogP contribution in [0.15, 0.2) is 47.2 Å². The molecule has 0 spiro atoms. The zero-order valence-electron chi connectivity index (χ0n) is 11.4. The number of sulfonamides is 1. The smallest absolute Gasteiger partial charge is 0.232 e. The standard InChI is InChI=1S/C15H15NO3S2/c1-2-21(18,19)16-14-6-4-13(5-7-14)15(17)8-3-12-9-10-20-11-12/h3-11,16H,2H2,1H3/b8-3+. The maximum absolute atomic E-state index is 12.0. The third-order valence-electron chi connectivity index (χ3n) is 2.79. The summed E-state index contributed by atoms with van der Waals surface area (Å²) in [7, 11) is -3.29. The van der Waals surface area contributed by atoms with Crippen LogP contribution in [0.4, 0.5) is 5.69 Å². The molecule has 6 heteroatoms. The van der Waals surface area contributed by atoms with Gasteiger partial charge < -0.3 is 0 Å². The maximum Gasteiger partial charge on any atom is 0.232 e. The average molecular weight is 321 g/mol. The summed E-state index contributed by atoms with van der Waals surface area (Å²) in [6, 6.07) is 8.30. The first-order valence-corrected chi connectivity index (χ1v) is 8.95. The lowest BCUT2D eigenvalue weighted by Gasteiger charge is -2.06. The second-order valence-corrected chi connectivity index (χ2v) is 7.13. The summed E-state index contributed by atoms with van der Waals surface area (Å²) in [5.74, 6) is -0.108. The summed E-state index contributed by atoms with van der Waals surface area (Å²) < 4.78 is 25.3.